The van der Waals surface area contributed by atoms with E-state index in [4.69, 9.17) is 37.9 Å². The zero-order valence-electron chi connectivity index (χ0n) is 55.7. The minimum Gasteiger partial charge on any atom is -0.450 e. The third-order valence-electron chi connectivity index (χ3n) is 20.3. The lowest BCUT2D eigenvalue weighted by Crippen LogP contribution is -2.26. The van der Waals surface area contributed by atoms with Crippen molar-refractivity contribution in [1.82, 2.24) is 0 Å². The van der Waals surface area contributed by atoms with Crippen LogP contribution in [0, 0.1) is 0 Å². The Hall–Kier alpha value is -7.12. The van der Waals surface area contributed by atoms with Gasteiger partial charge in [-0.25, -0.2) is 0 Å². The van der Waals surface area contributed by atoms with E-state index >= 15 is 0 Å². The molecule has 8 bridgehead atoms. The summed E-state index contributed by atoms with van der Waals surface area (Å²) in [6, 6.07) is 85.8. The molecule has 0 fully saturated rings. The second-order valence-electron chi connectivity index (χ2n) is 27.1. The van der Waals surface area contributed by atoms with Crippen molar-refractivity contribution in [1.29, 1.82) is 0 Å². The van der Waals surface area contributed by atoms with Crippen molar-refractivity contribution in [2.24, 2.45) is 0 Å². The summed E-state index contributed by atoms with van der Waals surface area (Å²) in [7, 11) is 0. The predicted molar refractivity (Wildman–Crippen MR) is 436 cm³/mol. The normalized spacial score (nSPS) is 19.3. The number of hydrogen-bond donors (Lipinski definition) is 0. The molecule has 16 heteroatoms. The number of ether oxygens (including phenoxy) is 8. The molecule has 4 aliphatic heterocycles. The Morgan fingerprint density at radius 2 is 0.356 bits per heavy atom. The Labute approximate surface area is 672 Å². The van der Waals surface area contributed by atoms with E-state index in [1.807, 2.05) is 24.3 Å². The zero-order chi connectivity index (χ0) is 70.7. The molecule has 520 valence electrons. The molecule has 1 aliphatic carbocycles. The van der Waals surface area contributed by atoms with Gasteiger partial charge < -0.3 is 37.9 Å². The summed E-state index contributed by atoms with van der Waals surface area (Å²) in [5.41, 5.74) is 15.8. The molecule has 4 heterocycles. The van der Waals surface area contributed by atoms with Crippen LogP contribution in [0.3, 0.4) is 0 Å². The molecule has 0 spiro atoms. The van der Waals surface area contributed by atoms with Gasteiger partial charge in [0.25, 0.3) is 25.2 Å². The smallest absolute Gasteiger partial charge is 0.267 e. The Morgan fingerprint density at radius 3 is 0.519 bits per heavy atom. The van der Waals surface area contributed by atoms with Crippen LogP contribution in [0.4, 0.5) is 0 Å². The topological polar surface area (TPSA) is 73.8 Å². The van der Waals surface area contributed by atoms with Gasteiger partial charge in [-0.2, -0.15) is 0 Å². The third-order valence-corrected chi connectivity index (χ3v) is 24.0. The quantitative estimate of drug-likeness (QED) is 0.0947. The van der Waals surface area contributed by atoms with Crippen LogP contribution in [0.1, 0.15) is 164 Å². The average molecular weight is 1890 g/mol. The van der Waals surface area contributed by atoms with E-state index in [1.54, 1.807) is 0 Å². The minimum atomic E-state index is -1.01. The monoisotopic (exact) mass is 1880 g/mol. The van der Waals surface area contributed by atoms with Gasteiger partial charge in [0, 0.05) is 150 Å². The largest absolute Gasteiger partial charge is 0.450 e. The molecule has 8 nitrogen and oxygen atoms in total. The first kappa shape index (κ1) is 69.9. The molecule has 0 amide bonds. The minimum absolute atomic E-state index is 0.347. The molecular formula is C88H64Br8O8. The molecule has 0 saturated carbocycles. The van der Waals surface area contributed by atoms with E-state index in [2.05, 4.69) is 346 Å². The Morgan fingerprint density at radius 1 is 0.192 bits per heavy atom. The fraction of sp³-hybridized carbons (Fsp3) is 0.182. The van der Waals surface area contributed by atoms with Crippen molar-refractivity contribution in [2.45, 2.75) is 100 Å². The van der Waals surface area contributed by atoms with Crippen LogP contribution in [0.2, 0.25) is 0 Å². The highest BCUT2D eigenvalue weighted by Crippen LogP contribution is 2.59. The summed E-state index contributed by atoms with van der Waals surface area (Å²) >= 11 is 30.9. The maximum Gasteiger partial charge on any atom is 0.267 e. The first-order valence-electron chi connectivity index (χ1n) is 34.7. The van der Waals surface area contributed by atoms with Crippen LogP contribution in [0.15, 0.2) is 278 Å². The molecule has 104 heavy (non-hydrogen) atoms. The van der Waals surface area contributed by atoms with Gasteiger partial charge in [-0.3, -0.25) is 0 Å². The van der Waals surface area contributed by atoms with Crippen molar-refractivity contribution < 1.29 is 37.9 Å². The maximum absolute atomic E-state index is 7.69. The van der Waals surface area contributed by atoms with Crippen molar-refractivity contribution >= 4 is 127 Å². The Bertz CT molecular complexity index is 4390. The highest BCUT2D eigenvalue weighted by atomic mass is 79.9. The van der Waals surface area contributed by atoms with Crippen molar-refractivity contribution in [2.75, 3.05) is 0 Å². The van der Waals surface area contributed by atoms with Gasteiger partial charge in [0.15, 0.2) is 0 Å². The van der Waals surface area contributed by atoms with Crippen LogP contribution in [-0.2, 0) is 25.7 Å². The lowest BCUT2D eigenvalue weighted by Gasteiger charge is -2.38. The summed E-state index contributed by atoms with van der Waals surface area (Å²) < 4.78 is 68.3. The van der Waals surface area contributed by atoms with Gasteiger partial charge in [-0.15, -0.1) is 0 Å². The van der Waals surface area contributed by atoms with Gasteiger partial charge in [-0.05, 0) is 171 Å². The van der Waals surface area contributed by atoms with E-state index < -0.39 is 25.2 Å². The average Bonchev–Trinajstić information content (AvgIpc) is 0.736. The van der Waals surface area contributed by atoms with Crippen LogP contribution < -0.4 is 37.9 Å². The van der Waals surface area contributed by atoms with Crippen molar-refractivity contribution in [3.8, 4) is 46.0 Å². The van der Waals surface area contributed by atoms with Crippen molar-refractivity contribution in [3.05, 3.63) is 367 Å². The number of hydrogen-bond acceptors (Lipinski definition) is 8. The number of halogens is 8. The summed E-state index contributed by atoms with van der Waals surface area (Å²) in [6.45, 7) is 0. The fourth-order valence-electron chi connectivity index (χ4n) is 15.5. The van der Waals surface area contributed by atoms with Gasteiger partial charge in [-0.1, -0.05) is 249 Å². The molecule has 0 N–H and O–H groups in total. The third kappa shape index (κ3) is 14.9. The molecule has 5 aliphatic rings. The van der Waals surface area contributed by atoms with Crippen LogP contribution >= 0.6 is 127 Å². The Kier molecular flexibility index (Phi) is 20.3. The molecule has 0 unspecified atom stereocenters. The fourth-order valence-corrected chi connectivity index (χ4v) is 20.8. The van der Waals surface area contributed by atoms with E-state index in [0.717, 1.165) is 128 Å². The second-order valence-corrected chi connectivity index (χ2v) is 34.4. The lowest BCUT2D eigenvalue weighted by molar-refractivity contribution is -0.0121. The molecular weight excluding hydrogens is 1820 g/mol. The molecule has 0 radical (unpaired) electrons. The lowest BCUT2D eigenvalue weighted by atomic mass is 9.75. The van der Waals surface area contributed by atoms with Crippen LogP contribution in [0.5, 0.6) is 46.0 Å². The summed E-state index contributed by atoms with van der Waals surface area (Å²) in [5.74, 6) is 3.53. The first-order valence-corrected chi connectivity index (χ1v) is 41.1. The molecule has 12 aromatic carbocycles. The SMILES string of the molecule is Brc1cc(Br)cc(C2Oc3cc4c5cc3C(CCc3ccccc3)c3cc6c(cc3O2)OC(c2cc(Br)cc(Br)c2)Oc2cc3c(cc2C6CCc2ccccc2)C(CCc2ccccc2)c2cc(c(cc2OC(c2cc(Br)cc(Br)c2)O3)OC(c2cc(Br)cc(Br)c2)O4)C5CCc2ccccc2)c1. The molecule has 12 aromatic rings. The maximum atomic E-state index is 7.69. The first-order chi connectivity index (χ1) is 50.7. The molecule has 0 saturated heterocycles. The second kappa shape index (κ2) is 30.3. The van der Waals surface area contributed by atoms with Gasteiger partial charge in [0.05, 0.1) is 0 Å². The summed E-state index contributed by atoms with van der Waals surface area (Å²) in [4.78, 5) is 0. The summed E-state index contributed by atoms with van der Waals surface area (Å²) in [6.07, 6.45) is 1.58. The predicted octanol–water partition coefficient (Wildman–Crippen LogP) is 27.0. The number of rotatable bonds is 16. The number of aryl methyl sites for hydroxylation is 4. The van der Waals surface area contributed by atoms with Crippen LogP contribution in [0.25, 0.3) is 0 Å². The van der Waals surface area contributed by atoms with Crippen molar-refractivity contribution in [3.63, 3.8) is 0 Å². The van der Waals surface area contributed by atoms with E-state index in [9.17, 15) is 0 Å². The molecule has 0 aromatic heterocycles. The van der Waals surface area contributed by atoms with Gasteiger partial charge in [0.2, 0.25) is 0 Å². The zero-order valence-corrected chi connectivity index (χ0v) is 68.3. The van der Waals surface area contributed by atoms with Crippen LogP contribution in [-0.4, -0.2) is 0 Å². The van der Waals surface area contributed by atoms with E-state index in [0.29, 0.717) is 71.7 Å². The summed E-state index contributed by atoms with van der Waals surface area (Å²) in [5, 5.41) is 0. The Balaban J connectivity index is 1.03. The van der Waals surface area contributed by atoms with Gasteiger partial charge >= 0.3 is 0 Å². The van der Waals surface area contributed by atoms with E-state index in [-0.39, 0.29) is 23.7 Å². The van der Waals surface area contributed by atoms with Gasteiger partial charge in [0.1, 0.15) is 46.0 Å². The number of benzene rings is 12. The van der Waals surface area contributed by atoms with E-state index in [1.165, 1.54) is 22.3 Å². The molecule has 17 rings (SSSR count). The molecule has 0 atom stereocenters. The highest BCUT2D eigenvalue weighted by Gasteiger charge is 2.42. The highest BCUT2D eigenvalue weighted by molar-refractivity contribution is 9.12. The standard InChI is InChI=1S/C88H64Br8O8/c89-57-29-53(30-58(90)37-57)85-97-77-45-79-71-41-69(77)65(25-21-49-13-5-1-6-14-49)70-42-72-67(27-23-51-17-9-3-10-18-51)74-44-76-68(28-24-52-19-11-4-12-20-52)75-43-73(66(71)26-22-50-15-7-2-8-16-50)81(101-86(99-79)54-31-59(91)38-60(92)32-54)47-83(75)103-88(56-35-63(95)40-64(96)36-56)104-84(76)48-82(74)102-87(100-80(72)46-78(70)98-85)55-33-61(93)39-62(94)34-55/h1-20,29-48,65-68,85-88H,21-28H2.